The lowest BCUT2D eigenvalue weighted by Crippen LogP contribution is -2.29. The smallest absolute Gasteiger partial charge is 0.323 e. The van der Waals surface area contributed by atoms with E-state index in [1.807, 2.05) is 12.1 Å². The van der Waals surface area contributed by atoms with Gasteiger partial charge in [0.2, 0.25) is 0 Å². The number of fused-ring (bicyclic) bond motifs is 1. The Morgan fingerprint density at radius 2 is 2.14 bits per heavy atom. The first-order valence-corrected chi connectivity index (χ1v) is 8.14. The van der Waals surface area contributed by atoms with Gasteiger partial charge in [-0.2, -0.15) is 0 Å². The zero-order valence-electron chi connectivity index (χ0n) is 12.2. The maximum atomic E-state index is 11.4. The van der Waals surface area contributed by atoms with E-state index < -0.39 is 0 Å². The van der Waals surface area contributed by atoms with Gasteiger partial charge in [0.05, 0.1) is 23.7 Å². The molecule has 2 heterocycles. The Kier molecular flexibility index (Phi) is 4.19. The molecule has 5 nitrogen and oxygen atoms in total. The lowest BCUT2D eigenvalue weighted by Gasteiger charge is -2.25. The lowest BCUT2D eigenvalue weighted by atomic mass is 9.90. The zero-order chi connectivity index (χ0) is 15.0. The molecule has 0 amide bonds. The molecule has 3 unspecified atom stereocenters. The lowest BCUT2D eigenvalue weighted by molar-refractivity contribution is 0.117. The van der Waals surface area contributed by atoms with Crippen molar-refractivity contribution in [3.8, 4) is 0 Å². The Morgan fingerprint density at radius 3 is 2.76 bits per heavy atom. The Balaban J connectivity index is 2.01. The minimum Gasteiger partial charge on any atom is -0.378 e. The van der Waals surface area contributed by atoms with Gasteiger partial charge in [-0.25, -0.2) is 4.79 Å². The topological polar surface area (TPSA) is 69.9 Å². The molecule has 0 radical (unpaired) electrons. The first-order valence-electron chi connectivity index (χ1n) is 7.35. The van der Waals surface area contributed by atoms with Crippen molar-refractivity contribution in [2.45, 2.75) is 32.4 Å². The van der Waals surface area contributed by atoms with E-state index in [0.29, 0.717) is 12.0 Å². The number of H-pyrrole nitrogens is 2. The fraction of sp³-hybridized carbons (Fsp3) is 0.533. The van der Waals surface area contributed by atoms with Crippen molar-refractivity contribution in [3.63, 3.8) is 0 Å². The number of hydrogen-bond acceptors (Lipinski definition) is 3. The Hall–Kier alpha value is -1.11. The molecule has 1 fully saturated rings. The van der Waals surface area contributed by atoms with E-state index in [-0.39, 0.29) is 11.7 Å². The molecular formula is C15H20BrN3O2. The van der Waals surface area contributed by atoms with Crippen LogP contribution in [0.4, 0.5) is 0 Å². The molecule has 1 saturated heterocycles. The Labute approximate surface area is 131 Å². The van der Waals surface area contributed by atoms with Crippen LogP contribution in [0, 0.1) is 5.92 Å². The molecule has 0 bridgehead atoms. The predicted molar refractivity (Wildman–Crippen MR) is 86.6 cm³/mol. The average Bonchev–Trinajstić information content (AvgIpc) is 3.00. The molecule has 0 spiro atoms. The second-order valence-electron chi connectivity index (χ2n) is 5.67. The summed E-state index contributed by atoms with van der Waals surface area (Å²) in [5, 5.41) is 3.56. The molecule has 2 aromatic rings. The summed E-state index contributed by atoms with van der Waals surface area (Å²) >= 11 is 3.64. The van der Waals surface area contributed by atoms with E-state index in [9.17, 15) is 4.79 Å². The summed E-state index contributed by atoms with van der Waals surface area (Å²) in [6, 6.07) is 4.23. The molecule has 1 aliphatic rings. The van der Waals surface area contributed by atoms with Gasteiger partial charge >= 0.3 is 5.69 Å². The SMILES string of the molecule is CCNC(c1cc2[nH]c(=O)[nH]c2cc1Br)C1COC(C)C1. The fourth-order valence-corrected chi connectivity index (χ4v) is 3.73. The van der Waals surface area contributed by atoms with Gasteiger partial charge in [0.25, 0.3) is 0 Å². The van der Waals surface area contributed by atoms with Gasteiger partial charge in [0, 0.05) is 16.4 Å². The van der Waals surface area contributed by atoms with Crippen LogP contribution in [-0.2, 0) is 4.74 Å². The molecular weight excluding hydrogens is 334 g/mol. The molecule has 6 heteroatoms. The van der Waals surface area contributed by atoms with Crippen molar-refractivity contribution in [1.82, 2.24) is 15.3 Å². The number of aromatic nitrogens is 2. The summed E-state index contributed by atoms with van der Waals surface area (Å²) < 4.78 is 6.74. The highest BCUT2D eigenvalue weighted by molar-refractivity contribution is 9.10. The second-order valence-corrected chi connectivity index (χ2v) is 6.53. The third-order valence-electron chi connectivity index (χ3n) is 4.09. The molecule has 1 aromatic heterocycles. The van der Waals surface area contributed by atoms with Crippen molar-refractivity contribution in [3.05, 3.63) is 32.7 Å². The molecule has 114 valence electrons. The first kappa shape index (κ1) is 14.8. The maximum absolute atomic E-state index is 11.4. The van der Waals surface area contributed by atoms with Crippen molar-refractivity contribution < 1.29 is 4.74 Å². The maximum Gasteiger partial charge on any atom is 0.323 e. The second kappa shape index (κ2) is 5.94. The van der Waals surface area contributed by atoms with E-state index >= 15 is 0 Å². The highest BCUT2D eigenvalue weighted by Gasteiger charge is 2.31. The normalized spacial score (nSPS) is 23.8. The van der Waals surface area contributed by atoms with E-state index in [0.717, 1.165) is 35.1 Å². The van der Waals surface area contributed by atoms with E-state index in [4.69, 9.17) is 4.74 Å². The first-order chi connectivity index (χ1) is 10.1. The van der Waals surface area contributed by atoms with Gasteiger partial charge in [-0.15, -0.1) is 0 Å². The molecule has 1 aromatic carbocycles. The summed E-state index contributed by atoms with van der Waals surface area (Å²) in [6.45, 7) is 5.89. The van der Waals surface area contributed by atoms with Gasteiger partial charge in [-0.1, -0.05) is 22.9 Å². The molecule has 0 saturated carbocycles. The van der Waals surface area contributed by atoms with Gasteiger partial charge in [0.15, 0.2) is 0 Å². The zero-order valence-corrected chi connectivity index (χ0v) is 13.8. The number of rotatable bonds is 4. The highest BCUT2D eigenvalue weighted by atomic mass is 79.9. The third-order valence-corrected chi connectivity index (χ3v) is 4.78. The number of halogens is 1. The summed E-state index contributed by atoms with van der Waals surface area (Å²) in [6.07, 6.45) is 1.36. The number of ether oxygens (including phenoxy) is 1. The predicted octanol–water partition coefficient (Wildman–Crippen LogP) is 2.69. The number of benzene rings is 1. The highest BCUT2D eigenvalue weighted by Crippen LogP contribution is 2.36. The summed E-state index contributed by atoms with van der Waals surface area (Å²) in [4.78, 5) is 17.1. The molecule has 3 N–H and O–H groups in total. The third kappa shape index (κ3) is 2.93. The van der Waals surface area contributed by atoms with Crippen LogP contribution in [0.15, 0.2) is 21.4 Å². The Morgan fingerprint density at radius 1 is 1.43 bits per heavy atom. The van der Waals surface area contributed by atoms with Crippen LogP contribution in [0.1, 0.15) is 31.9 Å². The van der Waals surface area contributed by atoms with E-state index in [2.05, 4.69) is 45.1 Å². The quantitative estimate of drug-likeness (QED) is 0.791. The summed E-state index contributed by atoms with van der Waals surface area (Å²) in [5.41, 5.74) is 2.66. The van der Waals surface area contributed by atoms with Crippen molar-refractivity contribution >= 4 is 27.0 Å². The van der Waals surface area contributed by atoms with Crippen molar-refractivity contribution in [2.24, 2.45) is 5.92 Å². The molecule has 0 aliphatic carbocycles. The molecule has 3 atom stereocenters. The average molecular weight is 354 g/mol. The van der Waals surface area contributed by atoms with Gasteiger partial charge in [-0.05, 0) is 37.6 Å². The van der Waals surface area contributed by atoms with Crippen LogP contribution in [0.5, 0.6) is 0 Å². The molecule has 1 aliphatic heterocycles. The van der Waals surface area contributed by atoms with Crippen LogP contribution in [0.25, 0.3) is 11.0 Å². The number of hydrogen-bond donors (Lipinski definition) is 3. The summed E-state index contributed by atoms with van der Waals surface area (Å²) in [5.74, 6) is 0.444. The molecule has 21 heavy (non-hydrogen) atoms. The van der Waals surface area contributed by atoms with Gasteiger partial charge in [-0.3, -0.25) is 0 Å². The van der Waals surface area contributed by atoms with Crippen LogP contribution in [-0.4, -0.2) is 29.2 Å². The van der Waals surface area contributed by atoms with E-state index in [1.165, 1.54) is 5.56 Å². The number of nitrogens with one attached hydrogen (secondary N) is 3. The minimum atomic E-state index is -0.174. The number of aromatic amines is 2. The van der Waals surface area contributed by atoms with Crippen LogP contribution < -0.4 is 11.0 Å². The van der Waals surface area contributed by atoms with Gasteiger partial charge in [0.1, 0.15) is 0 Å². The van der Waals surface area contributed by atoms with Crippen molar-refractivity contribution in [1.29, 1.82) is 0 Å². The fourth-order valence-electron chi connectivity index (χ4n) is 3.14. The minimum absolute atomic E-state index is 0.174. The molecule has 3 rings (SSSR count). The van der Waals surface area contributed by atoms with Crippen molar-refractivity contribution in [2.75, 3.05) is 13.2 Å². The van der Waals surface area contributed by atoms with E-state index in [1.54, 1.807) is 0 Å². The monoisotopic (exact) mass is 353 g/mol. The van der Waals surface area contributed by atoms with Gasteiger partial charge < -0.3 is 20.0 Å². The van der Waals surface area contributed by atoms with Crippen LogP contribution in [0.2, 0.25) is 0 Å². The summed E-state index contributed by atoms with van der Waals surface area (Å²) in [7, 11) is 0. The van der Waals surface area contributed by atoms with Crippen LogP contribution >= 0.6 is 15.9 Å². The van der Waals surface area contributed by atoms with Crippen LogP contribution in [0.3, 0.4) is 0 Å². The largest absolute Gasteiger partial charge is 0.378 e. The number of imidazole rings is 1. The standard InChI is InChI=1S/C15H20BrN3O2/c1-3-17-14(9-4-8(2)21-7-9)10-5-12-13(6-11(10)16)19-15(20)18-12/h5-6,8-9,14,17H,3-4,7H2,1-2H3,(H2,18,19,20). The Bertz CT molecular complexity index is 694.